The summed E-state index contributed by atoms with van der Waals surface area (Å²) in [4.78, 5) is 24.6. The van der Waals surface area contributed by atoms with E-state index >= 15 is 0 Å². The van der Waals surface area contributed by atoms with Gasteiger partial charge in [-0.3, -0.25) is 4.79 Å². The molecule has 0 saturated heterocycles. The van der Waals surface area contributed by atoms with Crippen LogP contribution in [0.25, 0.3) is 5.69 Å². The molecular weight excluding hydrogens is 396 g/mol. The van der Waals surface area contributed by atoms with E-state index in [4.69, 9.17) is 4.74 Å². The maximum Gasteiger partial charge on any atom is 0.387 e. The first-order chi connectivity index (χ1) is 14.4. The Bertz CT molecular complexity index is 1070. The van der Waals surface area contributed by atoms with Crippen molar-refractivity contribution in [3.05, 3.63) is 71.5 Å². The monoisotopic (exact) mass is 415 g/mol. The molecule has 0 bridgehead atoms. The van der Waals surface area contributed by atoms with Gasteiger partial charge in [0.1, 0.15) is 11.3 Å². The first kappa shape index (κ1) is 21.0. The van der Waals surface area contributed by atoms with Crippen molar-refractivity contribution in [2.75, 3.05) is 11.9 Å². The third-order valence-corrected chi connectivity index (χ3v) is 4.20. The Morgan fingerprint density at radius 3 is 2.63 bits per heavy atom. The largest absolute Gasteiger partial charge is 0.462 e. The van der Waals surface area contributed by atoms with Crippen molar-refractivity contribution in [1.82, 2.24) is 9.78 Å². The second-order valence-electron chi connectivity index (χ2n) is 6.16. The topological polar surface area (TPSA) is 82.5 Å². The van der Waals surface area contributed by atoms with Gasteiger partial charge in [0, 0.05) is 5.69 Å². The number of hydrogen-bond acceptors (Lipinski definition) is 5. The van der Waals surface area contributed by atoms with E-state index < -0.39 is 18.5 Å². The Balaban J connectivity index is 1.84. The van der Waals surface area contributed by atoms with Crippen LogP contribution in [0.3, 0.4) is 0 Å². The number of para-hydroxylation sites is 1. The van der Waals surface area contributed by atoms with Gasteiger partial charge in [-0.1, -0.05) is 18.2 Å². The molecule has 0 aliphatic carbocycles. The Labute approximate surface area is 171 Å². The van der Waals surface area contributed by atoms with Crippen LogP contribution in [0.1, 0.15) is 33.3 Å². The summed E-state index contributed by atoms with van der Waals surface area (Å²) < 4.78 is 36.1. The molecular formula is C21H19F2N3O4. The van der Waals surface area contributed by atoms with Gasteiger partial charge in [-0.2, -0.15) is 13.9 Å². The lowest BCUT2D eigenvalue weighted by Crippen LogP contribution is -2.15. The van der Waals surface area contributed by atoms with Crippen LogP contribution in [0.5, 0.6) is 5.75 Å². The highest BCUT2D eigenvalue weighted by atomic mass is 19.3. The number of carbonyl (C=O) groups excluding carboxylic acids is 2. The minimum atomic E-state index is -3.04. The van der Waals surface area contributed by atoms with Crippen molar-refractivity contribution in [2.24, 2.45) is 0 Å². The van der Waals surface area contributed by atoms with Gasteiger partial charge in [0.15, 0.2) is 0 Å². The predicted octanol–water partition coefficient (Wildman–Crippen LogP) is 4.21. The van der Waals surface area contributed by atoms with Gasteiger partial charge in [-0.15, -0.1) is 0 Å². The van der Waals surface area contributed by atoms with E-state index in [0.717, 1.165) is 0 Å². The number of aromatic nitrogens is 2. The van der Waals surface area contributed by atoms with Crippen LogP contribution in [0.15, 0.2) is 54.7 Å². The molecule has 0 atom stereocenters. The third kappa shape index (κ3) is 4.62. The normalized spacial score (nSPS) is 10.7. The fraction of sp³-hybridized carbons (Fsp3) is 0.190. The summed E-state index contributed by atoms with van der Waals surface area (Å²) >= 11 is 0. The maximum absolute atomic E-state index is 12.6. The fourth-order valence-corrected chi connectivity index (χ4v) is 2.85. The first-order valence-corrected chi connectivity index (χ1v) is 9.08. The van der Waals surface area contributed by atoms with Crippen molar-refractivity contribution in [2.45, 2.75) is 20.5 Å². The highest BCUT2D eigenvalue weighted by Crippen LogP contribution is 2.23. The average molecular weight is 415 g/mol. The molecule has 9 heteroatoms. The second-order valence-corrected chi connectivity index (χ2v) is 6.16. The number of nitrogens with zero attached hydrogens (tertiary/aromatic N) is 2. The van der Waals surface area contributed by atoms with E-state index in [-0.39, 0.29) is 17.9 Å². The van der Waals surface area contributed by atoms with E-state index in [0.29, 0.717) is 22.6 Å². The molecule has 30 heavy (non-hydrogen) atoms. The van der Waals surface area contributed by atoms with Gasteiger partial charge in [0.2, 0.25) is 0 Å². The number of hydrogen-bond donors (Lipinski definition) is 1. The summed E-state index contributed by atoms with van der Waals surface area (Å²) in [6.07, 6.45) is 1.41. The lowest BCUT2D eigenvalue weighted by Gasteiger charge is -2.12. The minimum Gasteiger partial charge on any atom is -0.462 e. The van der Waals surface area contributed by atoms with Gasteiger partial charge in [0.05, 0.1) is 29.7 Å². The smallest absolute Gasteiger partial charge is 0.387 e. The summed E-state index contributed by atoms with van der Waals surface area (Å²) in [6.45, 7) is 0.650. The molecule has 0 radical (unpaired) electrons. The number of esters is 1. The number of carbonyl (C=O) groups is 2. The van der Waals surface area contributed by atoms with Crippen molar-refractivity contribution in [3.8, 4) is 11.4 Å². The highest BCUT2D eigenvalue weighted by Gasteiger charge is 2.18. The molecule has 3 rings (SSSR count). The molecule has 0 aliphatic heterocycles. The number of anilines is 1. The van der Waals surface area contributed by atoms with Crippen LogP contribution >= 0.6 is 0 Å². The average Bonchev–Trinajstić information content (AvgIpc) is 3.10. The quantitative estimate of drug-likeness (QED) is 0.585. The summed E-state index contributed by atoms with van der Waals surface area (Å²) in [7, 11) is 0. The van der Waals surface area contributed by atoms with Crippen molar-refractivity contribution < 1.29 is 27.8 Å². The molecule has 156 valence electrons. The number of amides is 1. The van der Waals surface area contributed by atoms with E-state index in [1.165, 1.54) is 29.1 Å². The van der Waals surface area contributed by atoms with Crippen LogP contribution in [0.2, 0.25) is 0 Å². The van der Waals surface area contributed by atoms with Gasteiger partial charge < -0.3 is 14.8 Å². The second kappa shape index (κ2) is 9.17. The predicted molar refractivity (Wildman–Crippen MR) is 105 cm³/mol. The number of benzene rings is 2. The van der Waals surface area contributed by atoms with Gasteiger partial charge in [-0.05, 0) is 44.2 Å². The summed E-state index contributed by atoms with van der Waals surface area (Å²) in [6, 6.07) is 12.5. The third-order valence-electron chi connectivity index (χ3n) is 4.20. The number of rotatable bonds is 7. The molecule has 3 aromatic rings. The van der Waals surface area contributed by atoms with Crippen molar-refractivity contribution in [3.63, 3.8) is 0 Å². The van der Waals surface area contributed by atoms with Crippen LogP contribution in [-0.4, -0.2) is 34.9 Å². The standard InChI is InChI=1S/C21H19F2N3O4/c1-3-29-20(28)17-12-24-26(13(17)2)15-8-6-7-14(11-15)25-19(27)16-9-4-5-10-18(16)30-21(22)23/h4-12,21H,3H2,1-2H3,(H,25,27). The number of ether oxygens (including phenoxy) is 2. The Morgan fingerprint density at radius 1 is 1.13 bits per heavy atom. The van der Waals surface area contributed by atoms with E-state index in [1.54, 1.807) is 44.2 Å². The van der Waals surface area contributed by atoms with Crippen LogP contribution in [-0.2, 0) is 4.74 Å². The highest BCUT2D eigenvalue weighted by molar-refractivity contribution is 6.06. The Kier molecular flexibility index (Phi) is 6.41. The molecule has 0 saturated carbocycles. The summed E-state index contributed by atoms with van der Waals surface area (Å²) in [5, 5.41) is 6.87. The molecule has 2 aromatic carbocycles. The van der Waals surface area contributed by atoms with Gasteiger partial charge >= 0.3 is 12.6 Å². The fourth-order valence-electron chi connectivity index (χ4n) is 2.85. The van der Waals surface area contributed by atoms with Crippen molar-refractivity contribution in [1.29, 1.82) is 0 Å². The van der Waals surface area contributed by atoms with Crippen LogP contribution in [0.4, 0.5) is 14.5 Å². The van der Waals surface area contributed by atoms with E-state index in [2.05, 4.69) is 15.2 Å². The van der Waals surface area contributed by atoms with Crippen LogP contribution < -0.4 is 10.1 Å². The number of nitrogens with one attached hydrogen (secondary N) is 1. The Morgan fingerprint density at radius 2 is 1.90 bits per heavy atom. The molecule has 0 unspecified atom stereocenters. The summed E-state index contributed by atoms with van der Waals surface area (Å²) in [5.41, 5.74) is 1.90. The zero-order valence-corrected chi connectivity index (χ0v) is 16.3. The molecule has 0 spiro atoms. The minimum absolute atomic E-state index is 0.0249. The maximum atomic E-state index is 12.6. The van der Waals surface area contributed by atoms with Crippen molar-refractivity contribution >= 4 is 17.6 Å². The van der Waals surface area contributed by atoms with E-state index in [9.17, 15) is 18.4 Å². The summed E-state index contributed by atoms with van der Waals surface area (Å²) in [5.74, 6) is -1.29. The first-order valence-electron chi connectivity index (χ1n) is 9.08. The lowest BCUT2D eigenvalue weighted by molar-refractivity contribution is -0.0501. The van der Waals surface area contributed by atoms with Crippen LogP contribution in [0, 0.1) is 6.92 Å². The van der Waals surface area contributed by atoms with E-state index in [1.807, 2.05) is 0 Å². The molecule has 1 aromatic heterocycles. The zero-order valence-electron chi connectivity index (χ0n) is 16.3. The molecule has 1 N–H and O–H groups in total. The zero-order chi connectivity index (χ0) is 21.7. The molecule has 0 fully saturated rings. The van der Waals surface area contributed by atoms with Gasteiger partial charge in [-0.25, -0.2) is 9.48 Å². The van der Waals surface area contributed by atoms with Gasteiger partial charge in [0.25, 0.3) is 5.91 Å². The Hall–Kier alpha value is -3.75. The molecule has 1 amide bonds. The molecule has 0 aliphatic rings. The SMILES string of the molecule is CCOC(=O)c1cnn(-c2cccc(NC(=O)c3ccccc3OC(F)F)c2)c1C. The molecule has 1 heterocycles. The molecule has 7 nitrogen and oxygen atoms in total. The number of alkyl halides is 2. The number of halogens is 2. The lowest BCUT2D eigenvalue weighted by atomic mass is 10.1.